The summed E-state index contributed by atoms with van der Waals surface area (Å²) in [5.74, 6) is 0.119. The van der Waals surface area contributed by atoms with Gasteiger partial charge >= 0.3 is 0 Å². The molecule has 2 amide bonds. The summed E-state index contributed by atoms with van der Waals surface area (Å²) in [6.45, 7) is 8.54. The molecule has 1 aliphatic heterocycles. The Bertz CT molecular complexity index is 542. The van der Waals surface area contributed by atoms with Crippen molar-refractivity contribution in [2.45, 2.75) is 45.9 Å². The van der Waals surface area contributed by atoms with Gasteiger partial charge < -0.3 is 15.0 Å². The maximum Gasteiger partial charge on any atom is 0.251 e. The number of nitrogens with zero attached hydrogens (tertiary/aromatic N) is 1. The van der Waals surface area contributed by atoms with Gasteiger partial charge in [0.15, 0.2) is 6.10 Å². The summed E-state index contributed by atoms with van der Waals surface area (Å²) >= 11 is 0. The van der Waals surface area contributed by atoms with Crippen LogP contribution in [0.1, 0.15) is 39.3 Å². The molecule has 0 unspecified atom stereocenters. The monoisotopic (exact) mass is 318 g/mol. The lowest BCUT2D eigenvalue weighted by molar-refractivity contribution is -0.167. The molecule has 5 heteroatoms. The third kappa shape index (κ3) is 4.10. The molecule has 2 rings (SSSR count). The molecular formula is C18H26N2O3. The normalized spacial score (nSPS) is 21.8. The summed E-state index contributed by atoms with van der Waals surface area (Å²) in [6, 6.07) is 9.21. The van der Waals surface area contributed by atoms with E-state index in [0.29, 0.717) is 12.5 Å². The zero-order valence-corrected chi connectivity index (χ0v) is 14.3. The predicted octanol–water partition coefficient (Wildman–Crippen LogP) is 2.14. The van der Waals surface area contributed by atoms with Crippen molar-refractivity contribution in [3.63, 3.8) is 0 Å². The van der Waals surface area contributed by atoms with Crippen LogP contribution in [0.3, 0.4) is 0 Å². The van der Waals surface area contributed by atoms with E-state index in [4.69, 9.17) is 4.74 Å². The highest BCUT2D eigenvalue weighted by Crippen LogP contribution is 2.32. The molecule has 1 aromatic rings. The Hall–Kier alpha value is -1.88. The average molecular weight is 318 g/mol. The van der Waals surface area contributed by atoms with Gasteiger partial charge in [-0.05, 0) is 25.3 Å². The number of nitrogens with one attached hydrogen (secondary N) is 1. The van der Waals surface area contributed by atoms with Gasteiger partial charge in [-0.3, -0.25) is 9.59 Å². The summed E-state index contributed by atoms with van der Waals surface area (Å²) in [7, 11) is 0. The second kappa shape index (κ2) is 7.59. The van der Waals surface area contributed by atoms with E-state index in [0.717, 1.165) is 5.56 Å². The molecule has 1 saturated heterocycles. The van der Waals surface area contributed by atoms with Gasteiger partial charge in [-0.1, -0.05) is 44.2 Å². The summed E-state index contributed by atoms with van der Waals surface area (Å²) in [5.41, 5.74) is 0.916. The van der Waals surface area contributed by atoms with Crippen LogP contribution in [-0.4, -0.2) is 42.0 Å². The van der Waals surface area contributed by atoms with Crippen LogP contribution in [-0.2, 0) is 14.3 Å². The lowest BCUT2D eigenvalue weighted by atomic mass is 9.95. The van der Waals surface area contributed by atoms with Gasteiger partial charge in [0.1, 0.15) is 6.61 Å². The van der Waals surface area contributed by atoms with Crippen molar-refractivity contribution < 1.29 is 14.3 Å². The predicted molar refractivity (Wildman–Crippen MR) is 88.8 cm³/mol. The molecule has 1 heterocycles. The fourth-order valence-electron chi connectivity index (χ4n) is 2.85. The molecule has 1 fully saturated rings. The number of hydrogen-bond acceptors (Lipinski definition) is 3. The Morgan fingerprint density at radius 3 is 2.48 bits per heavy atom. The highest BCUT2D eigenvalue weighted by Gasteiger charge is 2.42. The molecule has 0 aromatic heterocycles. The minimum absolute atomic E-state index is 0.00277. The second-order valence-corrected chi connectivity index (χ2v) is 6.62. The van der Waals surface area contributed by atoms with E-state index < -0.39 is 12.1 Å². The van der Waals surface area contributed by atoms with Crippen LogP contribution in [0.2, 0.25) is 0 Å². The van der Waals surface area contributed by atoms with E-state index in [9.17, 15) is 9.59 Å². The highest BCUT2D eigenvalue weighted by atomic mass is 16.5. The summed E-state index contributed by atoms with van der Waals surface area (Å²) in [4.78, 5) is 26.7. The molecule has 0 saturated carbocycles. The third-order valence-corrected chi connectivity index (χ3v) is 3.90. The molecular weight excluding hydrogens is 292 g/mol. The first-order valence-electron chi connectivity index (χ1n) is 8.17. The first-order chi connectivity index (χ1) is 10.9. The Morgan fingerprint density at radius 2 is 1.91 bits per heavy atom. The van der Waals surface area contributed by atoms with Crippen LogP contribution >= 0.6 is 0 Å². The minimum Gasteiger partial charge on any atom is -0.356 e. The second-order valence-electron chi connectivity index (χ2n) is 6.62. The van der Waals surface area contributed by atoms with E-state index in [1.165, 1.54) is 0 Å². The molecule has 23 heavy (non-hydrogen) atoms. The number of carbonyl (C=O) groups excluding carboxylic acids is 2. The fraction of sp³-hybridized carbons (Fsp3) is 0.556. The zero-order valence-electron chi connectivity index (χ0n) is 14.3. The lowest BCUT2D eigenvalue weighted by Crippen LogP contribution is -2.56. The van der Waals surface area contributed by atoms with Gasteiger partial charge in [0.05, 0.1) is 6.04 Å². The van der Waals surface area contributed by atoms with Gasteiger partial charge in [0.25, 0.3) is 5.91 Å². The van der Waals surface area contributed by atoms with Crippen molar-refractivity contribution in [2.24, 2.45) is 5.92 Å². The standard InChI is InChI=1S/C18H26N2O3/c1-12(2)10-19-18(22)17-16(14-8-6-5-7-9-14)20(13(3)4)15(21)11-23-17/h5-9,12-13,16-17H,10-11H2,1-4H3,(H,19,22)/t16-,17+/m1/s1. The minimum atomic E-state index is -0.684. The van der Waals surface area contributed by atoms with Crippen molar-refractivity contribution in [3.05, 3.63) is 35.9 Å². The molecule has 0 radical (unpaired) electrons. The van der Waals surface area contributed by atoms with Crippen molar-refractivity contribution in [2.75, 3.05) is 13.2 Å². The smallest absolute Gasteiger partial charge is 0.251 e. The molecule has 1 aromatic carbocycles. The van der Waals surface area contributed by atoms with Crippen LogP contribution in [0.5, 0.6) is 0 Å². The average Bonchev–Trinajstić information content (AvgIpc) is 2.52. The third-order valence-electron chi connectivity index (χ3n) is 3.90. The Balaban J connectivity index is 2.31. The van der Waals surface area contributed by atoms with Crippen molar-refractivity contribution in [1.82, 2.24) is 10.2 Å². The first-order valence-corrected chi connectivity index (χ1v) is 8.17. The lowest BCUT2D eigenvalue weighted by Gasteiger charge is -2.42. The van der Waals surface area contributed by atoms with Crippen LogP contribution in [0.15, 0.2) is 30.3 Å². The molecule has 0 bridgehead atoms. The number of carbonyl (C=O) groups is 2. The molecule has 2 atom stereocenters. The number of amides is 2. The molecule has 5 nitrogen and oxygen atoms in total. The van der Waals surface area contributed by atoms with E-state index in [1.807, 2.05) is 58.0 Å². The maximum atomic E-state index is 12.6. The molecule has 0 aliphatic carbocycles. The van der Waals surface area contributed by atoms with E-state index in [-0.39, 0.29) is 24.5 Å². The van der Waals surface area contributed by atoms with Gasteiger partial charge in [-0.25, -0.2) is 0 Å². The first kappa shape index (κ1) is 17.5. The van der Waals surface area contributed by atoms with Gasteiger partial charge in [-0.2, -0.15) is 0 Å². The molecule has 1 N–H and O–H groups in total. The van der Waals surface area contributed by atoms with Gasteiger partial charge in [0.2, 0.25) is 5.91 Å². The fourth-order valence-corrected chi connectivity index (χ4v) is 2.85. The van der Waals surface area contributed by atoms with Crippen molar-refractivity contribution in [3.8, 4) is 0 Å². The number of hydrogen-bond donors (Lipinski definition) is 1. The highest BCUT2D eigenvalue weighted by molar-refractivity contribution is 5.86. The maximum absolute atomic E-state index is 12.6. The van der Waals surface area contributed by atoms with E-state index in [2.05, 4.69) is 5.32 Å². The molecule has 1 aliphatic rings. The Labute approximate surface area is 138 Å². The van der Waals surface area contributed by atoms with E-state index in [1.54, 1.807) is 4.90 Å². The Kier molecular flexibility index (Phi) is 5.77. The van der Waals surface area contributed by atoms with Crippen molar-refractivity contribution in [1.29, 1.82) is 0 Å². The van der Waals surface area contributed by atoms with Gasteiger partial charge in [0, 0.05) is 12.6 Å². The van der Waals surface area contributed by atoms with Crippen LogP contribution in [0, 0.1) is 5.92 Å². The summed E-state index contributed by atoms with van der Waals surface area (Å²) < 4.78 is 5.63. The Morgan fingerprint density at radius 1 is 1.26 bits per heavy atom. The summed E-state index contributed by atoms with van der Waals surface area (Å²) in [5, 5.41) is 2.92. The summed E-state index contributed by atoms with van der Waals surface area (Å²) in [6.07, 6.45) is -0.684. The van der Waals surface area contributed by atoms with Crippen LogP contribution in [0.25, 0.3) is 0 Å². The van der Waals surface area contributed by atoms with Crippen LogP contribution < -0.4 is 5.32 Å². The van der Waals surface area contributed by atoms with Gasteiger partial charge in [-0.15, -0.1) is 0 Å². The van der Waals surface area contributed by atoms with Crippen molar-refractivity contribution >= 4 is 11.8 Å². The number of rotatable bonds is 5. The SMILES string of the molecule is CC(C)CNC(=O)[C@H]1OCC(=O)N(C(C)C)[C@@H]1c1ccccc1. The molecule has 0 spiro atoms. The largest absolute Gasteiger partial charge is 0.356 e. The number of ether oxygens (including phenoxy) is 1. The van der Waals surface area contributed by atoms with E-state index >= 15 is 0 Å². The molecule has 126 valence electrons. The number of morpholine rings is 1. The van der Waals surface area contributed by atoms with Crippen LogP contribution in [0.4, 0.5) is 0 Å². The quantitative estimate of drug-likeness (QED) is 0.905. The zero-order chi connectivity index (χ0) is 17.0. The topological polar surface area (TPSA) is 58.6 Å². The number of benzene rings is 1.